The van der Waals surface area contributed by atoms with Crippen LogP contribution in [0.1, 0.15) is 49.8 Å². The highest BCUT2D eigenvalue weighted by Gasteiger charge is 2.42. The summed E-state index contributed by atoms with van der Waals surface area (Å²) in [5, 5.41) is 0. The van der Waals surface area contributed by atoms with Gasteiger partial charge < -0.3 is 4.74 Å². The Morgan fingerprint density at radius 3 is 2.68 bits per heavy atom. The van der Waals surface area contributed by atoms with Crippen LogP contribution in [0.25, 0.3) is 0 Å². The second-order valence-corrected chi connectivity index (χ2v) is 5.78. The van der Waals surface area contributed by atoms with Gasteiger partial charge in [-0.15, -0.1) is 0 Å². The molecule has 106 valence electrons. The Kier molecular flexibility index (Phi) is 4.55. The molecule has 0 radical (unpaired) electrons. The third-order valence-electron chi connectivity index (χ3n) is 4.61. The van der Waals surface area contributed by atoms with Crippen molar-refractivity contribution in [3.05, 3.63) is 29.6 Å². The van der Waals surface area contributed by atoms with Crippen LogP contribution in [0.15, 0.2) is 18.5 Å². The van der Waals surface area contributed by atoms with E-state index < -0.39 is 0 Å². The lowest BCUT2D eigenvalue weighted by Gasteiger charge is -2.44. The predicted molar refractivity (Wildman–Crippen MR) is 76.4 cm³/mol. The summed E-state index contributed by atoms with van der Waals surface area (Å²) in [5.41, 5.74) is 5.10. The molecule has 1 heterocycles. The topological polar surface area (TPSA) is 60.2 Å². The average molecular weight is 263 g/mol. The highest BCUT2D eigenvalue weighted by Crippen LogP contribution is 2.42. The Morgan fingerprint density at radius 2 is 2.16 bits per heavy atom. The van der Waals surface area contributed by atoms with Gasteiger partial charge in [0.2, 0.25) is 0 Å². The van der Waals surface area contributed by atoms with Crippen LogP contribution in [0.4, 0.5) is 0 Å². The van der Waals surface area contributed by atoms with E-state index in [1.807, 2.05) is 18.5 Å². The summed E-state index contributed by atoms with van der Waals surface area (Å²) in [6.45, 7) is 4.40. The van der Waals surface area contributed by atoms with Crippen LogP contribution in [-0.4, -0.2) is 17.7 Å². The molecule has 1 aromatic rings. The number of nitrogens with zero attached hydrogens (tertiary/aromatic N) is 1. The van der Waals surface area contributed by atoms with Gasteiger partial charge in [-0.2, -0.15) is 0 Å². The molecule has 2 rings (SSSR count). The van der Waals surface area contributed by atoms with Gasteiger partial charge >= 0.3 is 0 Å². The number of nitrogens with two attached hydrogens (primary N) is 1. The maximum absolute atomic E-state index is 5.92. The standard InChI is InChI=1S/C15H25N3O/c1-11-4-7-15(19-3,8-5-11)14(18-16)13-10-17-9-6-12(13)2/h6,9-11,14,18H,4-5,7-8,16H2,1-3H3. The first-order chi connectivity index (χ1) is 9.13. The SMILES string of the molecule is COC1(C(NN)c2cnccc2C)CCC(C)CC1. The molecule has 0 amide bonds. The zero-order valence-electron chi connectivity index (χ0n) is 12.1. The van der Waals surface area contributed by atoms with E-state index in [0.717, 1.165) is 24.3 Å². The molecule has 4 nitrogen and oxygen atoms in total. The van der Waals surface area contributed by atoms with Crippen molar-refractivity contribution in [1.29, 1.82) is 0 Å². The van der Waals surface area contributed by atoms with Crippen molar-refractivity contribution in [2.45, 2.75) is 51.2 Å². The van der Waals surface area contributed by atoms with Crippen LogP contribution >= 0.6 is 0 Å². The van der Waals surface area contributed by atoms with E-state index in [2.05, 4.69) is 24.3 Å². The number of aryl methyl sites for hydroxylation is 1. The van der Waals surface area contributed by atoms with Gasteiger partial charge in [-0.05, 0) is 55.7 Å². The molecule has 1 atom stereocenters. The first kappa shape index (κ1) is 14.4. The van der Waals surface area contributed by atoms with Gasteiger partial charge in [0, 0.05) is 19.5 Å². The van der Waals surface area contributed by atoms with Crippen molar-refractivity contribution in [2.75, 3.05) is 7.11 Å². The minimum absolute atomic E-state index is 0.00120. The fourth-order valence-electron chi connectivity index (χ4n) is 3.16. The predicted octanol–water partition coefficient (Wildman–Crippen LogP) is 2.49. The van der Waals surface area contributed by atoms with E-state index in [1.165, 1.54) is 18.4 Å². The zero-order valence-corrected chi connectivity index (χ0v) is 12.1. The Bertz CT molecular complexity index is 414. The quantitative estimate of drug-likeness (QED) is 0.647. The lowest BCUT2D eigenvalue weighted by atomic mass is 9.73. The minimum Gasteiger partial charge on any atom is -0.376 e. The number of hydrogen-bond acceptors (Lipinski definition) is 4. The highest BCUT2D eigenvalue weighted by molar-refractivity contribution is 5.28. The number of hydrogen-bond donors (Lipinski definition) is 2. The number of rotatable bonds is 4. The Hall–Kier alpha value is -0.970. The van der Waals surface area contributed by atoms with E-state index in [9.17, 15) is 0 Å². The summed E-state index contributed by atoms with van der Waals surface area (Å²) in [6, 6.07) is 2.02. The van der Waals surface area contributed by atoms with E-state index in [1.54, 1.807) is 7.11 Å². The number of ether oxygens (including phenoxy) is 1. The van der Waals surface area contributed by atoms with Crippen LogP contribution in [0.5, 0.6) is 0 Å². The van der Waals surface area contributed by atoms with Crippen LogP contribution < -0.4 is 11.3 Å². The largest absolute Gasteiger partial charge is 0.376 e. The average Bonchev–Trinajstić information content (AvgIpc) is 2.44. The van der Waals surface area contributed by atoms with Crippen molar-refractivity contribution < 1.29 is 4.74 Å². The van der Waals surface area contributed by atoms with E-state index in [-0.39, 0.29) is 11.6 Å². The molecule has 1 fully saturated rings. The third kappa shape index (κ3) is 2.81. The number of aromatic nitrogens is 1. The number of pyridine rings is 1. The Morgan fingerprint density at radius 1 is 1.47 bits per heavy atom. The van der Waals surface area contributed by atoms with Crippen molar-refractivity contribution >= 4 is 0 Å². The summed E-state index contributed by atoms with van der Waals surface area (Å²) < 4.78 is 5.92. The lowest BCUT2D eigenvalue weighted by Crippen LogP contribution is -2.50. The molecule has 0 saturated heterocycles. The van der Waals surface area contributed by atoms with Crippen molar-refractivity contribution in [3.8, 4) is 0 Å². The van der Waals surface area contributed by atoms with Gasteiger partial charge in [0.15, 0.2) is 0 Å². The number of methoxy groups -OCH3 is 1. The van der Waals surface area contributed by atoms with E-state index >= 15 is 0 Å². The monoisotopic (exact) mass is 263 g/mol. The maximum atomic E-state index is 5.92. The fraction of sp³-hybridized carbons (Fsp3) is 0.667. The van der Waals surface area contributed by atoms with Crippen LogP contribution in [0.3, 0.4) is 0 Å². The molecular weight excluding hydrogens is 238 g/mol. The summed E-state index contributed by atoms with van der Waals surface area (Å²) in [4.78, 5) is 4.24. The van der Waals surface area contributed by atoms with Gasteiger partial charge in [0.05, 0.1) is 11.6 Å². The molecule has 1 saturated carbocycles. The summed E-state index contributed by atoms with van der Waals surface area (Å²) in [6.07, 6.45) is 8.16. The molecule has 1 aromatic heterocycles. The second-order valence-electron chi connectivity index (χ2n) is 5.78. The van der Waals surface area contributed by atoms with Gasteiger partial charge in [0.1, 0.15) is 0 Å². The molecule has 1 aliphatic rings. The Balaban J connectivity index is 2.32. The first-order valence-electron chi connectivity index (χ1n) is 7.05. The number of hydrazine groups is 1. The van der Waals surface area contributed by atoms with E-state index in [0.29, 0.717) is 0 Å². The molecule has 3 N–H and O–H groups in total. The molecule has 0 spiro atoms. The molecule has 0 aromatic carbocycles. The Labute approximate surface area is 115 Å². The third-order valence-corrected chi connectivity index (χ3v) is 4.61. The highest BCUT2D eigenvalue weighted by atomic mass is 16.5. The maximum Gasteiger partial charge on any atom is 0.0886 e. The normalized spacial score (nSPS) is 29.2. The van der Waals surface area contributed by atoms with Crippen molar-refractivity contribution in [2.24, 2.45) is 11.8 Å². The molecule has 0 bridgehead atoms. The van der Waals surface area contributed by atoms with Gasteiger partial charge in [-0.25, -0.2) is 5.43 Å². The lowest BCUT2D eigenvalue weighted by molar-refractivity contribution is -0.0763. The number of nitrogens with one attached hydrogen (secondary N) is 1. The zero-order chi connectivity index (χ0) is 13.9. The summed E-state index contributed by atoms with van der Waals surface area (Å²) >= 11 is 0. The van der Waals surface area contributed by atoms with Gasteiger partial charge in [-0.3, -0.25) is 10.8 Å². The molecule has 0 aliphatic heterocycles. The fourth-order valence-corrected chi connectivity index (χ4v) is 3.16. The molecule has 4 heteroatoms. The molecule has 1 aliphatic carbocycles. The van der Waals surface area contributed by atoms with Crippen LogP contribution in [-0.2, 0) is 4.74 Å². The first-order valence-corrected chi connectivity index (χ1v) is 7.05. The van der Waals surface area contributed by atoms with Crippen LogP contribution in [0.2, 0.25) is 0 Å². The smallest absolute Gasteiger partial charge is 0.0886 e. The van der Waals surface area contributed by atoms with Crippen molar-refractivity contribution in [3.63, 3.8) is 0 Å². The van der Waals surface area contributed by atoms with Crippen LogP contribution in [0, 0.1) is 12.8 Å². The minimum atomic E-state index is -0.213. The van der Waals surface area contributed by atoms with E-state index in [4.69, 9.17) is 10.6 Å². The van der Waals surface area contributed by atoms with Gasteiger partial charge in [-0.1, -0.05) is 6.92 Å². The summed E-state index contributed by atoms with van der Waals surface area (Å²) in [5.74, 6) is 6.62. The second kappa shape index (κ2) is 5.99. The summed E-state index contributed by atoms with van der Waals surface area (Å²) in [7, 11) is 1.80. The molecule has 19 heavy (non-hydrogen) atoms. The molecule has 1 unspecified atom stereocenters. The van der Waals surface area contributed by atoms with Gasteiger partial charge in [0.25, 0.3) is 0 Å². The van der Waals surface area contributed by atoms with Crippen molar-refractivity contribution in [1.82, 2.24) is 10.4 Å². The molecular formula is C15H25N3O.